The average Bonchev–Trinajstić information content (AvgIpc) is 1.90. The van der Waals surface area contributed by atoms with Crippen molar-refractivity contribution < 1.29 is 0 Å². The molecule has 1 aromatic rings. The molecule has 0 aliphatic heterocycles. The van der Waals surface area contributed by atoms with Crippen molar-refractivity contribution in [2.45, 2.75) is 0 Å². The molecule has 2 heteroatoms. The second-order valence-corrected chi connectivity index (χ2v) is 2.16. The van der Waals surface area contributed by atoms with E-state index in [2.05, 4.69) is 13.1 Å². The van der Waals surface area contributed by atoms with E-state index in [0.29, 0.717) is 0 Å². The molecule has 0 radical (unpaired) electrons. The summed E-state index contributed by atoms with van der Waals surface area (Å²) in [7, 11) is 7.25. The zero-order valence-corrected chi connectivity index (χ0v) is 8.66. The van der Waals surface area contributed by atoms with Crippen LogP contribution < -0.4 is 0 Å². The third-order valence-electron chi connectivity index (χ3n) is 0.607. The van der Waals surface area contributed by atoms with Gasteiger partial charge in [-0.05, 0) is 14.1 Å². The Morgan fingerprint density at radius 3 is 1.55 bits per heavy atom. The molecule has 11 heavy (non-hydrogen) atoms. The fourth-order valence-electron chi connectivity index (χ4n) is 0.342. The van der Waals surface area contributed by atoms with E-state index < -0.39 is 0 Å². The molecule has 0 unspecified atom stereocenters. The summed E-state index contributed by atoms with van der Waals surface area (Å²) >= 11 is 0. The summed E-state index contributed by atoms with van der Waals surface area (Å²) in [5.74, 6) is 0. The van der Waals surface area contributed by atoms with Gasteiger partial charge >= 0.3 is 23.1 Å². The van der Waals surface area contributed by atoms with Crippen LogP contribution in [0.15, 0.2) is 30.3 Å². The Labute approximate surface area is 85.6 Å². The molecule has 0 spiro atoms. The van der Waals surface area contributed by atoms with Crippen molar-refractivity contribution in [3.05, 3.63) is 43.4 Å². The van der Waals surface area contributed by atoms with Crippen LogP contribution in [0, 0.1) is 13.1 Å². The van der Waals surface area contributed by atoms with Crippen LogP contribution >= 0.6 is 0 Å². The number of rotatable bonds is 0. The van der Waals surface area contributed by atoms with E-state index in [1.165, 1.54) is 0 Å². The summed E-state index contributed by atoms with van der Waals surface area (Å²) in [6.45, 7) is 0. The van der Waals surface area contributed by atoms with Gasteiger partial charge in [0.15, 0.2) is 0 Å². The van der Waals surface area contributed by atoms with Crippen LogP contribution in [0.1, 0.15) is 0 Å². The van der Waals surface area contributed by atoms with Gasteiger partial charge in [-0.2, -0.15) is 36.4 Å². The Balaban J connectivity index is 0. The monoisotopic (exact) mass is 159 g/mol. The van der Waals surface area contributed by atoms with Gasteiger partial charge in [-0.15, -0.1) is 0 Å². The molecule has 0 aliphatic rings. The maximum atomic E-state index is 3.47. The first-order valence-corrected chi connectivity index (χ1v) is 3.12. The average molecular weight is 160 g/mol. The van der Waals surface area contributed by atoms with Crippen LogP contribution in [0.25, 0.3) is 0 Å². The second-order valence-electron chi connectivity index (χ2n) is 2.16. The van der Waals surface area contributed by atoms with Gasteiger partial charge in [-0.3, -0.25) is 7.05 Å². The molecular weight excluding hydrogens is 146 g/mol. The van der Waals surface area contributed by atoms with Crippen molar-refractivity contribution in [2.24, 2.45) is 0 Å². The van der Waals surface area contributed by atoms with Crippen LogP contribution in [0.5, 0.6) is 0 Å². The van der Waals surface area contributed by atoms with Gasteiger partial charge in [0.25, 0.3) is 0 Å². The van der Waals surface area contributed by atoms with Crippen LogP contribution in [0.2, 0.25) is 0 Å². The van der Waals surface area contributed by atoms with Gasteiger partial charge in [-0.25, -0.2) is 0 Å². The molecule has 0 saturated carbocycles. The van der Waals surface area contributed by atoms with Crippen LogP contribution in [-0.2, 0) is 0 Å². The molecule has 1 rings (SSSR count). The summed E-state index contributed by atoms with van der Waals surface area (Å²) in [6, 6.07) is 12.5. The molecule has 0 aliphatic carbocycles. The molecule has 56 valence electrons. The topological polar surface area (TPSA) is 3.24 Å². The Hall–Kier alpha value is -0.0538. The zero-order valence-electron chi connectivity index (χ0n) is 7.25. The molecule has 0 fully saturated rings. The summed E-state index contributed by atoms with van der Waals surface area (Å²) in [6.07, 6.45) is 0. The fraction of sp³-hybridized carbons (Fsp3) is 0.222. The van der Waals surface area contributed by atoms with Crippen LogP contribution in [0.4, 0.5) is 0 Å². The minimum absolute atomic E-state index is 0. The van der Waals surface area contributed by atoms with E-state index in [4.69, 9.17) is 0 Å². The number of hydrogen-bond donors (Lipinski definition) is 0. The van der Waals surface area contributed by atoms with Crippen LogP contribution in [0.3, 0.4) is 0 Å². The van der Waals surface area contributed by atoms with Crippen molar-refractivity contribution in [3.8, 4) is 0 Å². The molecule has 0 aromatic heterocycles. The van der Waals surface area contributed by atoms with E-state index in [1.807, 2.05) is 44.4 Å². The summed E-state index contributed by atoms with van der Waals surface area (Å²) in [5.41, 5.74) is 0. The standard InChI is InChI=1S/C6H5.C3H8N.Mg/c1-2-4-6-5-3-1;1-4(2)3;/h1-5H;1H2,2-3H3;/q2*-1;+2. The summed E-state index contributed by atoms with van der Waals surface area (Å²) in [4.78, 5) is 1.75. The van der Waals surface area contributed by atoms with Gasteiger partial charge in [0.1, 0.15) is 0 Å². The maximum Gasteiger partial charge on any atom is 2.00 e. The van der Waals surface area contributed by atoms with Gasteiger partial charge < -0.3 is 4.90 Å². The quantitative estimate of drug-likeness (QED) is 0.409. The van der Waals surface area contributed by atoms with E-state index >= 15 is 0 Å². The van der Waals surface area contributed by atoms with Gasteiger partial charge in [-0.1, -0.05) is 0 Å². The predicted molar refractivity (Wildman–Crippen MR) is 50.1 cm³/mol. The minimum Gasteiger partial charge on any atom is -0.464 e. The van der Waals surface area contributed by atoms with Crippen molar-refractivity contribution >= 4 is 23.1 Å². The fourth-order valence-corrected chi connectivity index (χ4v) is 0.342. The van der Waals surface area contributed by atoms with Crippen LogP contribution in [-0.4, -0.2) is 42.0 Å². The smallest absolute Gasteiger partial charge is 0.464 e. The molecule has 0 N–H and O–H groups in total. The number of nitrogens with zero attached hydrogens (tertiary/aromatic N) is 1. The van der Waals surface area contributed by atoms with E-state index in [1.54, 1.807) is 4.90 Å². The molecule has 0 atom stereocenters. The Bertz CT molecular complexity index is 110. The first-order chi connectivity index (χ1) is 4.73. The number of hydrogen-bond acceptors (Lipinski definition) is 1. The van der Waals surface area contributed by atoms with E-state index in [9.17, 15) is 0 Å². The largest absolute Gasteiger partial charge is 2.00 e. The molecule has 0 amide bonds. The van der Waals surface area contributed by atoms with E-state index in [0.717, 1.165) is 0 Å². The number of benzene rings is 1. The Morgan fingerprint density at radius 2 is 1.45 bits per heavy atom. The molecule has 0 saturated heterocycles. The first kappa shape index (κ1) is 13.5. The van der Waals surface area contributed by atoms with Gasteiger partial charge in [0, 0.05) is 0 Å². The van der Waals surface area contributed by atoms with Crippen molar-refractivity contribution in [1.82, 2.24) is 4.90 Å². The van der Waals surface area contributed by atoms with Gasteiger partial charge in [0.05, 0.1) is 0 Å². The summed E-state index contributed by atoms with van der Waals surface area (Å²) < 4.78 is 0. The zero-order chi connectivity index (χ0) is 7.82. The molecular formula is C9H13MgN. The third kappa shape index (κ3) is 17.8. The normalized spacial score (nSPS) is 7.64. The first-order valence-electron chi connectivity index (χ1n) is 3.12. The van der Waals surface area contributed by atoms with E-state index in [-0.39, 0.29) is 23.1 Å². The molecule has 0 heterocycles. The second kappa shape index (κ2) is 9.95. The Kier molecular flexibility index (Phi) is 12.2. The maximum absolute atomic E-state index is 3.47. The van der Waals surface area contributed by atoms with Gasteiger partial charge in [0.2, 0.25) is 0 Å². The van der Waals surface area contributed by atoms with Crippen molar-refractivity contribution in [2.75, 3.05) is 14.1 Å². The third-order valence-corrected chi connectivity index (χ3v) is 0.607. The minimum atomic E-state index is 0. The molecule has 1 nitrogen and oxygen atoms in total. The summed E-state index contributed by atoms with van der Waals surface area (Å²) in [5, 5.41) is 0. The van der Waals surface area contributed by atoms with Crippen molar-refractivity contribution in [3.63, 3.8) is 0 Å². The SMILES string of the molecule is [CH2-]N(C)C.[Mg+2].[c-]1ccccc1. The molecule has 1 aromatic carbocycles. The van der Waals surface area contributed by atoms with Crippen molar-refractivity contribution in [1.29, 1.82) is 0 Å². The Morgan fingerprint density at radius 1 is 1.09 bits per heavy atom. The predicted octanol–water partition coefficient (Wildman–Crippen LogP) is 1.45. The molecule has 0 bridgehead atoms.